The van der Waals surface area contributed by atoms with Gasteiger partial charge >= 0.3 is 0 Å². The first kappa shape index (κ1) is 19.4. The molecule has 1 saturated heterocycles. The molecule has 7 nitrogen and oxygen atoms in total. The number of fused-ring (bicyclic) bond motifs is 3. The summed E-state index contributed by atoms with van der Waals surface area (Å²) in [7, 11) is 1.67. The predicted molar refractivity (Wildman–Crippen MR) is 118 cm³/mol. The van der Waals surface area contributed by atoms with Crippen LogP contribution in [0.5, 0.6) is 5.75 Å². The standard InChI is InChI=1S/C23H22FN5O2/c1-31-20-7-4-15(10-16(20)13-28-8-2-3-9-28)12-26-29-14-25-21-18-11-17(24)5-6-19(18)27-22(21)23(29)30/h4-7,10-12,14,27H,2-3,8-9,13H2,1H3/b26-12-. The number of rotatable bonds is 5. The van der Waals surface area contributed by atoms with Crippen LogP contribution in [0.15, 0.2) is 52.6 Å². The average molecular weight is 419 g/mol. The monoisotopic (exact) mass is 419 g/mol. The molecule has 0 amide bonds. The van der Waals surface area contributed by atoms with Crippen LogP contribution in [-0.2, 0) is 6.54 Å². The highest BCUT2D eigenvalue weighted by molar-refractivity contribution is 6.04. The molecule has 158 valence electrons. The van der Waals surface area contributed by atoms with E-state index < -0.39 is 0 Å². The molecule has 0 radical (unpaired) electrons. The van der Waals surface area contributed by atoms with Gasteiger partial charge in [0.05, 0.1) is 13.3 Å². The van der Waals surface area contributed by atoms with Crippen LogP contribution in [0.3, 0.4) is 0 Å². The van der Waals surface area contributed by atoms with E-state index in [9.17, 15) is 9.18 Å². The lowest BCUT2D eigenvalue weighted by Crippen LogP contribution is -2.19. The van der Waals surface area contributed by atoms with Crippen LogP contribution in [0.25, 0.3) is 21.9 Å². The lowest BCUT2D eigenvalue weighted by Gasteiger charge is -2.17. The topological polar surface area (TPSA) is 75.5 Å². The summed E-state index contributed by atoms with van der Waals surface area (Å²) in [5, 5.41) is 4.88. The Balaban J connectivity index is 1.47. The van der Waals surface area contributed by atoms with E-state index in [0.29, 0.717) is 21.9 Å². The summed E-state index contributed by atoms with van der Waals surface area (Å²) in [6.45, 7) is 3.01. The zero-order chi connectivity index (χ0) is 21.4. The van der Waals surface area contributed by atoms with Crippen LogP contribution >= 0.6 is 0 Å². The molecular weight excluding hydrogens is 397 g/mol. The summed E-state index contributed by atoms with van der Waals surface area (Å²) in [6.07, 6.45) is 5.43. The van der Waals surface area contributed by atoms with Crippen molar-refractivity contribution in [2.45, 2.75) is 19.4 Å². The highest BCUT2D eigenvalue weighted by atomic mass is 19.1. The number of methoxy groups -OCH3 is 1. The second kappa shape index (κ2) is 7.96. The van der Waals surface area contributed by atoms with Crippen LogP contribution in [0, 0.1) is 5.82 Å². The Morgan fingerprint density at radius 1 is 1.23 bits per heavy atom. The van der Waals surface area contributed by atoms with E-state index in [2.05, 4.69) is 20.0 Å². The van der Waals surface area contributed by atoms with E-state index in [-0.39, 0.29) is 11.4 Å². The number of aromatic amines is 1. The molecular formula is C23H22FN5O2. The number of H-pyrrole nitrogens is 1. The molecule has 0 aliphatic carbocycles. The Kier molecular flexibility index (Phi) is 4.99. The molecule has 2 aromatic carbocycles. The first-order valence-corrected chi connectivity index (χ1v) is 10.2. The third-order valence-electron chi connectivity index (χ3n) is 5.68. The van der Waals surface area contributed by atoms with Crippen molar-refractivity contribution >= 4 is 28.2 Å². The maximum atomic E-state index is 13.6. The Morgan fingerprint density at radius 3 is 2.87 bits per heavy atom. The third-order valence-corrected chi connectivity index (χ3v) is 5.68. The van der Waals surface area contributed by atoms with E-state index in [1.165, 1.54) is 36.0 Å². The summed E-state index contributed by atoms with van der Waals surface area (Å²) in [6, 6.07) is 10.2. The highest BCUT2D eigenvalue weighted by Crippen LogP contribution is 2.24. The normalized spacial score (nSPS) is 14.9. The molecule has 0 spiro atoms. The molecule has 1 aliphatic rings. The molecule has 4 aromatic rings. The smallest absolute Gasteiger partial charge is 0.298 e. The molecule has 0 unspecified atom stereocenters. The summed E-state index contributed by atoms with van der Waals surface area (Å²) >= 11 is 0. The Hall–Kier alpha value is -3.52. The van der Waals surface area contributed by atoms with Gasteiger partial charge < -0.3 is 9.72 Å². The predicted octanol–water partition coefficient (Wildman–Crippen LogP) is 3.50. The van der Waals surface area contributed by atoms with E-state index in [1.54, 1.807) is 19.4 Å². The molecule has 3 heterocycles. The Morgan fingerprint density at radius 2 is 2.06 bits per heavy atom. The van der Waals surface area contributed by atoms with E-state index >= 15 is 0 Å². The fourth-order valence-corrected chi connectivity index (χ4v) is 4.11. The van der Waals surface area contributed by atoms with Crippen molar-refractivity contribution < 1.29 is 9.13 Å². The van der Waals surface area contributed by atoms with Gasteiger partial charge in [-0.05, 0) is 67.9 Å². The summed E-state index contributed by atoms with van der Waals surface area (Å²) in [5.41, 5.74) is 2.99. The van der Waals surface area contributed by atoms with Crippen molar-refractivity contribution in [3.63, 3.8) is 0 Å². The van der Waals surface area contributed by atoms with Gasteiger partial charge in [-0.3, -0.25) is 9.69 Å². The van der Waals surface area contributed by atoms with E-state index in [4.69, 9.17) is 4.74 Å². The largest absolute Gasteiger partial charge is 0.496 e. The molecule has 0 saturated carbocycles. The van der Waals surface area contributed by atoms with Crippen LogP contribution in [0.2, 0.25) is 0 Å². The second-order valence-electron chi connectivity index (χ2n) is 7.73. The van der Waals surface area contributed by atoms with Crippen LogP contribution < -0.4 is 10.3 Å². The summed E-state index contributed by atoms with van der Waals surface area (Å²) < 4.78 is 20.3. The van der Waals surface area contributed by atoms with Crippen LogP contribution in [-0.4, -0.2) is 46.0 Å². The first-order chi connectivity index (χ1) is 15.1. The van der Waals surface area contributed by atoms with Crippen molar-refractivity contribution in [1.82, 2.24) is 19.5 Å². The average Bonchev–Trinajstić information content (AvgIpc) is 3.41. The van der Waals surface area contributed by atoms with Gasteiger partial charge in [-0.1, -0.05) is 0 Å². The number of benzene rings is 2. The van der Waals surface area contributed by atoms with Gasteiger partial charge in [-0.2, -0.15) is 9.78 Å². The number of nitrogens with zero attached hydrogens (tertiary/aromatic N) is 4. The maximum absolute atomic E-state index is 13.6. The quantitative estimate of drug-likeness (QED) is 0.503. The summed E-state index contributed by atoms with van der Waals surface area (Å²) in [5.74, 6) is 0.469. The van der Waals surface area contributed by atoms with Crippen molar-refractivity contribution in [2.75, 3.05) is 20.2 Å². The number of hydrogen-bond acceptors (Lipinski definition) is 5. The first-order valence-electron chi connectivity index (χ1n) is 10.2. The van der Waals surface area contributed by atoms with Gasteiger partial charge in [0.2, 0.25) is 0 Å². The zero-order valence-electron chi connectivity index (χ0n) is 17.1. The number of aromatic nitrogens is 3. The van der Waals surface area contributed by atoms with Gasteiger partial charge in [-0.25, -0.2) is 9.37 Å². The van der Waals surface area contributed by atoms with Crippen molar-refractivity contribution in [3.05, 3.63) is 70.0 Å². The van der Waals surface area contributed by atoms with Gasteiger partial charge in [-0.15, -0.1) is 0 Å². The fraction of sp³-hybridized carbons (Fsp3) is 0.261. The van der Waals surface area contributed by atoms with Crippen molar-refractivity contribution in [2.24, 2.45) is 5.10 Å². The maximum Gasteiger partial charge on any atom is 0.298 e. The third kappa shape index (κ3) is 3.70. The molecule has 1 N–H and O–H groups in total. The fourth-order valence-electron chi connectivity index (χ4n) is 4.11. The lowest BCUT2D eigenvalue weighted by molar-refractivity contribution is 0.321. The minimum Gasteiger partial charge on any atom is -0.496 e. The second-order valence-corrected chi connectivity index (χ2v) is 7.73. The van der Waals surface area contributed by atoms with Crippen molar-refractivity contribution in [1.29, 1.82) is 0 Å². The zero-order valence-corrected chi connectivity index (χ0v) is 17.1. The minimum atomic E-state index is -0.373. The van der Waals surface area contributed by atoms with E-state index in [0.717, 1.165) is 36.5 Å². The van der Waals surface area contributed by atoms with Crippen LogP contribution in [0.4, 0.5) is 4.39 Å². The van der Waals surface area contributed by atoms with Gasteiger partial charge in [0.1, 0.15) is 28.9 Å². The molecule has 0 atom stereocenters. The molecule has 31 heavy (non-hydrogen) atoms. The minimum absolute atomic E-state index is 0.296. The molecule has 2 aromatic heterocycles. The Bertz CT molecular complexity index is 1350. The van der Waals surface area contributed by atoms with E-state index in [1.807, 2.05) is 18.2 Å². The highest BCUT2D eigenvalue weighted by Gasteiger charge is 2.15. The van der Waals surface area contributed by atoms with Crippen LogP contribution in [0.1, 0.15) is 24.0 Å². The number of hydrogen-bond donors (Lipinski definition) is 1. The number of nitrogens with one attached hydrogen (secondary N) is 1. The molecule has 5 rings (SSSR count). The Labute approximate surface area is 177 Å². The molecule has 0 bridgehead atoms. The van der Waals surface area contributed by atoms with Gasteiger partial charge in [0.15, 0.2) is 0 Å². The SMILES string of the molecule is COc1ccc(/C=N\n2cnc3c([nH]c4ccc(F)cc43)c2=O)cc1CN1CCCC1. The number of halogens is 1. The number of likely N-dealkylation sites (tertiary alicyclic amines) is 1. The molecule has 1 aliphatic heterocycles. The van der Waals surface area contributed by atoms with Gasteiger partial charge in [0, 0.05) is 23.0 Å². The molecule has 8 heteroatoms. The number of ether oxygens (including phenoxy) is 1. The summed E-state index contributed by atoms with van der Waals surface area (Å²) in [4.78, 5) is 22.6. The molecule has 1 fully saturated rings. The van der Waals surface area contributed by atoms with Crippen molar-refractivity contribution in [3.8, 4) is 5.75 Å². The van der Waals surface area contributed by atoms with Gasteiger partial charge in [0.25, 0.3) is 5.56 Å². The lowest BCUT2D eigenvalue weighted by atomic mass is 10.1.